The fraction of sp³-hybridized carbons (Fsp3) is 0.429. The van der Waals surface area contributed by atoms with Gasteiger partial charge in [-0.1, -0.05) is 137 Å². The summed E-state index contributed by atoms with van der Waals surface area (Å²) in [6, 6.07) is 13.3. The number of hydrogen-bond donors (Lipinski definition) is 0. The molecule has 0 aliphatic rings. The molecule has 0 bridgehead atoms. The highest BCUT2D eigenvalue weighted by Crippen LogP contribution is 2.01. The van der Waals surface area contributed by atoms with Gasteiger partial charge in [-0.25, -0.2) is 28.2 Å². The van der Waals surface area contributed by atoms with Crippen LogP contribution in [0.1, 0.15) is 111 Å². The molecule has 0 atom stereocenters. The molecule has 0 saturated carbocycles. The first kappa shape index (κ1) is 74.4. The fourth-order valence-electron chi connectivity index (χ4n) is 4.76. The van der Waals surface area contributed by atoms with E-state index in [0.29, 0.717) is 5.95 Å². The van der Waals surface area contributed by atoms with Gasteiger partial charge in [0.05, 0.1) is 59.4 Å². The summed E-state index contributed by atoms with van der Waals surface area (Å²) in [5, 5.41) is 0. The number of nitrogens with zero attached hydrogens (tertiary/aromatic N) is 20. The lowest BCUT2D eigenvalue weighted by Crippen LogP contribution is -2.31. The van der Waals surface area contributed by atoms with Gasteiger partial charge < -0.3 is 18.3 Å². The molecule has 8 aromatic rings. The Morgan fingerprint density at radius 1 is 0.355 bits per heavy atom. The van der Waals surface area contributed by atoms with Gasteiger partial charge in [0.15, 0.2) is 11.8 Å². The number of hydrogen-bond acceptors (Lipinski definition) is 12. The minimum Gasteiger partial charge on any atom is -0.320 e. The number of pyridine rings is 1. The fourth-order valence-corrected chi connectivity index (χ4v) is 4.76. The van der Waals surface area contributed by atoms with Crippen molar-refractivity contribution in [1.82, 2.24) is 58.1 Å². The van der Waals surface area contributed by atoms with Crippen molar-refractivity contribution in [3.05, 3.63) is 171 Å². The Kier molecular flexibility index (Phi) is 49.3. The summed E-state index contributed by atoms with van der Waals surface area (Å²) >= 11 is 0. The third-order valence-corrected chi connectivity index (χ3v) is 8.22. The van der Waals surface area contributed by atoms with E-state index in [4.69, 9.17) is 0 Å². The van der Waals surface area contributed by atoms with Crippen molar-refractivity contribution >= 4 is 23.4 Å². The highest BCUT2D eigenvalue weighted by atomic mass is 15.2. The molecule has 20 heteroatoms. The molecule has 0 aliphatic heterocycles. The van der Waals surface area contributed by atoms with Gasteiger partial charge in [-0.2, -0.15) is 0 Å². The second-order valence-electron chi connectivity index (χ2n) is 12.8. The first-order chi connectivity index (χ1) is 37.1. The van der Waals surface area contributed by atoms with Gasteiger partial charge in [-0.15, -0.1) is 15.0 Å². The van der Waals surface area contributed by atoms with Crippen molar-refractivity contribution in [3.8, 4) is 0 Å². The standard InChI is InChI=1S/C11H13N4.2C10H12N5.C9H11N6.8C2H6/c1-14-7-4-3-5-10(14)13-11-9-12-6-8-15(11)2;1-14-7-11-5-3-9(14)13-10-4-6-12-8-15(10)2;1-14-6-5-11-7-10(14)13-9-3-4-12-8-15(9)2;1-14-6-10-4-3-8(14)13-9-12-5-11-7-15(9)2;8*1-2/h3-9H,1-2H3;2*3-8H,1-2H3;3-7H,1-2H3;8*1-2H3/q4*+1;;;;;;;;. The van der Waals surface area contributed by atoms with Crippen LogP contribution in [-0.4, -0.2) is 58.1 Å². The van der Waals surface area contributed by atoms with Gasteiger partial charge in [-0.3, -0.25) is 9.97 Å². The molecular weight excluding hydrogens is 953 g/mol. The van der Waals surface area contributed by atoms with E-state index < -0.39 is 0 Å². The molecule has 0 fully saturated rings. The van der Waals surface area contributed by atoms with Crippen molar-refractivity contribution in [2.24, 2.45) is 76.4 Å². The normalized spacial score (nSPS) is 9.89. The second kappa shape index (κ2) is 50.4. The van der Waals surface area contributed by atoms with Crippen LogP contribution in [0.4, 0.5) is 23.4 Å². The topological polar surface area (TPSA) is 188 Å². The van der Waals surface area contributed by atoms with Gasteiger partial charge in [0.1, 0.15) is 12.4 Å². The van der Waals surface area contributed by atoms with E-state index in [-0.39, 0.29) is 0 Å². The molecular formula is C56H96N20+4. The van der Waals surface area contributed by atoms with Gasteiger partial charge in [-0.05, 0) is 11.1 Å². The average molecular weight is 1050 g/mol. The van der Waals surface area contributed by atoms with E-state index in [0.717, 1.165) is 39.4 Å². The lowest BCUT2D eigenvalue weighted by molar-refractivity contribution is -0.664. The summed E-state index contributed by atoms with van der Waals surface area (Å²) in [4.78, 5) is 49.8. The molecule has 8 aromatic heterocycles. The average Bonchev–Trinajstić information content (AvgIpc) is 3.48. The Morgan fingerprint density at radius 2 is 0.737 bits per heavy atom. The number of aromatic nitrogens is 16. The van der Waals surface area contributed by atoms with Crippen LogP contribution in [0, 0.1) is 0 Å². The molecule has 0 aliphatic carbocycles. The van der Waals surface area contributed by atoms with Crippen molar-refractivity contribution in [3.63, 3.8) is 0 Å². The maximum absolute atomic E-state index is 4.50. The first-order valence-electron chi connectivity index (χ1n) is 26.3. The van der Waals surface area contributed by atoms with Gasteiger partial charge in [0.25, 0.3) is 17.1 Å². The minimum atomic E-state index is 0.604. The van der Waals surface area contributed by atoms with E-state index in [9.17, 15) is 0 Å². The van der Waals surface area contributed by atoms with Crippen LogP contribution in [0.3, 0.4) is 0 Å². The summed E-state index contributed by atoms with van der Waals surface area (Å²) in [6.45, 7) is 32.0. The van der Waals surface area contributed by atoms with E-state index in [1.54, 1.807) is 85.8 Å². The monoisotopic (exact) mass is 1050 g/mol. The maximum atomic E-state index is 4.50. The highest BCUT2D eigenvalue weighted by Gasteiger charge is 2.06. The van der Waals surface area contributed by atoms with Gasteiger partial charge in [0.2, 0.25) is 30.0 Å². The summed E-state index contributed by atoms with van der Waals surface area (Å²) in [5.74, 6) is 3.20. The summed E-state index contributed by atoms with van der Waals surface area (Å²) in [6.07, 6.45) is 29.5. The molecule has 0 amide bonds. The molecule has 0 spiro atoms. The molecule has 8 rings (SSSR count). The Morgan fingerprint density at radius 3 is 1.12 bits per heavy atom. The maximum Gasteiger partial charge on any atom is 0.388 e. The first-order valence-corrected chi connectivity index (χ1v) is 26.3. The predicted molar refractivity (Wildman–Crippen MR) is 306 cm³/mol. The van der Waals surface area contributed by atoms with Crippen molar-refractivity contribution in [2.45, 2.75) is 111 Å². The third kappa shape index (κ3) is 30.1. The summed E-state index contributed by atoms with van der Waals surface area (Å²) in [5.41, 5.74) is 3.28. The van der Waals surface area contributed by atoms with E-state index in [1.165, 1.54) is 6.33 Å². The Hall–Kier alpha value is -8.16. The predicted octanol–water partition coefficient (Wildman–Crippen LogP) is 7.70. The molecule has 0 saturated heterocycles. The van der Waals surface area contributed by atoms with Crippen LogP contribution in [0.5, 0.6) is 0 Å². The van der Waals surface area contributed by atoms with E-state index in [2.05, 4.69) is 59.8 Å². The SMILES string of the molecule is CC.CC.CC.CC.CC.CC.CC.CC.Cn1ccncc1=Nc1cccc[n+]1C.Cn1ccncc1=Nc1ccnc[n+]1C.Cn1cnccc1=Nc1ccnc[n+]1C.Cn1cnccc1=Nc1ncnc[n+]1C. The summed E-state index contributed by atoms with van der Waals surface area (Å²) < 4.78 is 15.0. The zero-order valence-electron chi connectivity index (χ0n) is 50.8. The van der Waals surface area contributed by atoms with Crippen LogP contribution in [0.15, 0.2) is 169 Å². The molecule has 8 heterocycles. The molecule has 0 aromatic carbocycles. The lowest BCUT2D eigenvalue weighted by Gasteiger charge is -1.95. The molecule has 416 valence electrons. The van der Waals surface area contributed by atoms with Crippen LogP contribution >= 0.6 is 0 Å². The number of rotatable bonds is 4. The highest BCUT2D eigenvalue weighted by molar-refractivity contribution is 5.19. The Balaban J connectivity index is -0.000000417. The van der Waals surface area contributed by atoms with E-state index in [1.807, 2.05) is 260 Å². The quantitative estimate of drug-likeness (QED) is 0.160. The number of aryl methyl sites for hydroxylation is 8. The van der Waals surface area contributed by atoms with Gasteiger partial charge in [0, 0.05) is 95.7 Å². The van der Waals surface area contributed by atoms with Crippen LogP contribution in [0.25, 0.3) is 0 Å². The smallest absolute Gasteiger partial charge is 0.320 e. The van der Waals surface area contributed by atoms with Crippen molar-refractivity contribution < 1.29 is 18.3 Å². The van der Waals surface area contributed by atoms with E-state index >= 15 is 0 Å². The van der Waals surface area contributed by atoms with Crippen molar-refractivity contribution in [2.75, 3.05) is 0 Å². The third-order valence-electron chi connectivity index (χ3n) is 8.22. The zero-order valence-corrected chi connectivity index (χ0v) is 50.8. The zero-order chi connectivity index (χ0) is 58.7. The largest absolute Gasteiger partial charge is 0.388 e. The molecule has 0 radical (unpaired) electrons. The lowest BCUT2D eigenvalue weighted by atomic mass is 10.4. The Bertz CT molecular complexity index is 2520. The molecule has 76 heavy (non-hydrogen) atoms. The van der Waals surface area contributed by atoms with Crippen LogP contribution in [-0.2, 0) is 56.4 Å². The summed E-state index contributed by atoms with van der Waals surface area (Å²) in [7, 11) is 15.3. The Labute approximate surface area is 455 Å². The van der Waals surface area contributed by atoms with Crippen molar-refractivity contribution in [1.29, 1.82) is 0 Å². The molecule has 0 N–H and O–H groups in total. The minimum absolute atomic E-state index is 0.604. The molecule has 0 unspecified atom stereocenters. The molecule has 20 nitrogen and oxygen atoms in total. The van der Waals surface area contributed by atoms with Gasteiger partial charge >= 0.3 is 11.8 Å². The second-order valence-corrected chi connectivity index (χ2v) is 12.8. The van der Waals surface area contributed by atoms with Crippen LogP contribution < -0.4 is 40.2 Å². The van der Waals surface area contributed by atoms with Crippen LogP contribution in [0.2, 0.25) is 0 Å².